The number of aromatic nitrogens is 2. The second-order valence-electron chi connectivity index (χ2n) is 6.31. The van der Waals surface area contributed by atoms with E-state index in [1.54, 1.807) is 39.2 Å². The summed E-state index contributed by atoms with van der Waals surface area (Å²) >= 11 is 0. The van der Waals surface area contributed by atoms with Gasteiger partial charge in [-0.25, -0.2) is 4.79 Å². The van der Waals surface area contributed by atoms with E-state index < -0.39 is 23.0 Å². The zero-order chi connectivity index (χ0) is 19.2. The molecule has 8 heteroatoms. The van der Waals surface area contributed by atoms with E-state index in [9.17, 15) is 19.5 Å². The molecule has 0 unspecified atom stereocenters. The lowest BCUT2D eigenvalue weighted by Gasteiger charge is -2.17. The lowest BCUT2D eigenvalue weighted by Crippen LogP contribution is -2.19. The third-order valence-electron chi connectivity index (χ3n) is 4.49. The molecule has 0 aliphatic heterocycles. The van der Waals surface area contributed by atoms with Gasteiger partial charge in [0.1, 0.15) is 5.76 Å². The molecule has 3 N–H and O–H groups in total. The molecule has 1 atom stereocenters. The number of carbonyl (C=O) groups excluding carboxylic acids is 1. The van der Waals surface area contributed by atoms with Crippen LogP contribution in [0, 0.1) is 6.92 Å². The lowest BCUT2D eigenvalue weighted by atomic mass is 9.91. The van der Waals surface area contributed by atoms with E-state index in [0.717, 1.165) is 0 Å². The summed E-state index contributed by atoms with van der Waals surface area (Å²) in [5.74, 6) is -1.62. The standard InChI is InChI=1S/C18H19N3O5/c1-9-6-14(22)16(24)17(26-9)11(8-15(19)23)10-4-5-12-13(7-10)21(3)18(25)20(12)2/h4-7,11,24H,8H2,1-3H3,(H2,19,23)/t11-/m0/s1. The predicted octanol–water partition coefficient (Wildman–Crippen LogP) is 0.852. The number of fused-ring (bicyclic) bond motifs is 1. The molecule has 0 fully saturated rings. The van der Waals surface area contributed by atoms with Crippen LogP contribution < -0.4 is 16.9 Å². The summed E-state index contributed by atoms with van der Waals surface area (Å²) < 4.78 is 8.53. The maximum atomic E-state index is 12.1. The normalized spacial score (nSPS) is 12.4. The van der Waals surface area contributed by atoms with Crippen molar-refractivity contribution >= 4 is 16.9 Å². The maximum absolute atomic E-state index is 12.1. The average molecular weight is 357 g/mol. The molecule has 0 aliphatic rings. The number of nitrogens with zero attached hydrogens (tertiary/aromatic N) is 2. The molecule has 2 heterocycles. The molecule has 0 aliphatic carbocycles. The van der Waals surface area contributed by atoms with Crippen LogP contribution in [-0.2, 0) is 18.9 Å². The average Bonchev–Trinajstić information content (AvgIpc) is 2.80. The number of aromatic hydroxyl groups is 1. The molecule has 0 spiro atoms. The second kappa shape index (κ2) is 6.21. The molecule has 0 saturated heterocycles. The Labute approximate surface area is 148 Å². The summed E-state index contributed by atoms with van der Waals surface area (Å²) in [6, 6.07) is 6.36. The number of imidazole rings is 1. The van der Waals surface area contributed by atoms with Gasteiger partial charge >= 0.3 is 5.69 Å². The SMILES string of the molecule is Cc1cc(=O)c(O)c([C@@H](CC(N)=O)c2ccc3c(c2)n(C)c(=O)n3C)o1. The number of benzene rings is 1. The molecular weight excluding hydrogens is 338 g/mol. The largest absolute Gasteiger partial charge is 0.502 e. The molecule has 3 aromatic rings. The van der Waals surface area contributed by atoms with Gasteiger partial charge in [-0.05, 0) is 24.6 Å². The molecule has 0 bridgehead atoms. The molecule has 1 amide bonds. The number of hydrogen-bond donors (Lipinski definition) is 2. The third-order valence-corrected chi connectivity index (χ3v) is 4.49. The smallest absolute Gasteiger partial charge is 0.328 e. The van der Waals surface area contributed by atoms with E-state index in [4.69, 9.17) is 10.2 Å². The van der Waals surface area contributed by atoms with Gasteiger partial charge in [-0.2, -0.15) is 0 Å². The lowest BCUT2D eigenvalue weighted by molar-refractivity contribution is -0.118. The number of aryl methyl sites for hydroxylation is 3. The quantitative estimate of drug-likeness (QED) is 0.717. The molecule has 26 heavy (non-hydrogen) atoms. The number of primary amides is 1. The van der Waals surface area contributed by atoms with Crippen LogP contribution in [0.3, 0.4) is 0 Å². The number of hydrogen-bond acceptors (Lipinski definition) is 5. The Morgan fingerprint density at radius 1 is 1.19 bits per heavy atom. The van der Waals surface area contributed by atoms with E-state index >= 15 is 0 Å². The van der Waals surface area contributed by atoms with Gasteiger partial charge in [0.05, 0.1) is 17.0 Å². The fourth-order valence-corrected chi connectivity index (χ4v) is 3.17. The topological polar surface area (TPSA) is 120 Å². The van der Waals surface area contributed by atoms with Crippen LogP contribution in [0.1, 0.15) is 29.4 Å². The number of rotatable bonds is 4. The molecule has 136 valence electrons. The van der Waals surface area contributed by atoms with Crippen LogP contribution in [-0.4, -0.2) is 20.1 Å². The Morgan fingerprint density at radius 2 is 1.85 bits per heavy atom. The predicted molar refractivity (Wildman–Crippen MR) is 95.2 cm³/mol. The highest BCUT2D eigenvalue weighted by Gasteiger charge is 2.25. The Balaban J connectivity index is 2.26. The van der Waals surface area contributed by atoms with Crippen LogP contribution in [0.15, 0.2) is 38.3 Å². The zero-order valence-electron chi connectivity index (χ0n) is 14.6. The molecule has 8 nitrogen and oxygen atoms in total. The van der Waals surface area contributed by atoms with Crippen molar-refractivity contribution < 1.29 is 14.3 Å². The minimum absolute atomic E-state index is 0.0194. The van der Waals surface area contributed by atoms with Gasteiger partial charge in [0.25, 0.3) is 0 Å². The van der Waals surface area contributed by atoms with Crippen molar-refractivity contribution in [2.24, 2.45) is 19.8 Å². The molecule has 3 rings (SSSR count). The first kappa shape index (κ1) is 17.5. The van der Waals surface area contributed by atoms with Crippen molar-refractivity contribution in [3.05, 3.63) is 62.1 Å². The van der Waals surface area contributed by atoms with Crippen molar-refractivity contribution in [2.45, 2.75) is 19.3 Å². The number of nitrogens with two attached hydrogens (primary N) is 1. The van der Waals surface area contributed by atoms with Crippen LogP contribution in [0.2, 0.25) is 0 Å². The van der Waals surface area contributed by atoms with Crippen LogP contribution in [0.5, 0.6) is 5.75 Å². The summed E-state index contributed by atoms with van der Waals surface area (Å²) in [5.41, 5.74) is 6.55. The van der Waals surface area contributed by atoms with Crippen molar-refractivity contribution in [1.29, 1.82) is 0 Å². The van der Waals surface area contributed by atoms with Crippen LogP contribution >= 0.6 is 0 Å². The first-order valence-corrected chi connectivity index (χ1v) is 7.98. The monoisotopic (exact) mass is 357 g/mol. The van der Waals surface area contributed by atoms with Crippen molar-refractivity contribution in [2.75, 3.05) is 0 Å². The highest BCUT2D eigenvalue weighted by Crippen LogP contribution is 2.34. The Morgan fingerprint density at radius 3 is 2.50 bits per heavy atom. The number of carbonyl (C=O) groups is 1. The highest BCUT2D eigenvalue weighted by molar-refractivity contribution is 5.79. The van der Waals surface area contributed by atoms with Crippen molar-refractivity contribution in [3.63, 3.8) is 0 Å². The summed E-state index contributed by atoms with van der Waals surface area (Å²) in [5, 5.41) is 10.2. The highest BCUT2D eigenvalue weighted by atomic mass is 16.4. The van der Waals surface area contributed by atoms with E-state index in [1.165, 1.54) is 15.2 Å². The van der Waals surface area contributed by atoms with Gasteiger partial charge in [0.2, 0.25) is 17.1 Å². The molecule has 2 aromatic heterocycles. The van der Waals surface area contributed by atoms with Crippen LogP contribution in [0.25, 0.3) is 11.0 Å². The van der Waals surface area contributed by atoms with Gasteiger partial charge in [0, 0.05) is 26.6 Å². The van der Waals surface area contributed by atoms with E-state index in [0.29, 0.717) is 22.4 Å². The zero-order valence-corrected chi connectivity index (χ0v) is 14.6. The molecule has 0 saturated carbocycles. The van der Waals surface area contributed by atoms with Gasteiger partial charge in [0.15, 0.2) is 5.76 Å². The van der Waals surface area contributed by atoms with Gasteiger partial charge < -0.3 is 15.3 Å². The van der Waals surface area contributed by atoms with Crippen molar-refractivity contribution in [1.82, 2.24) is 9.13 Å². The second-order valence-corrected chi connectivity index (χ2v) is 6.31. The summed E-state index contributed by atoms with van der Waals surface area (Å²) in [6.07, 6.45) is -0.160. The first-order chi connectivity index (χ1) is 12.2. The molecule has 0 radical (unpaired) electrons. The molecule has 1 aromatic carbocycles. The first-order valence-electron chi connectivity index (χ1n) is 7.98. The fraction of sp³-hybridized carbons (Fsp3) is 0.278. The summed E-state index contributed by atoms with van der Waals surface area (Å²) in [7, 11) is 3.30. The number of amides is 1. The summed E-state index contributed by atoms with van der Waals surface area (Å²) in [6.45, 7) is 1.58. The van der Waals surface area contributed by atoms with E-state index in [-0.39, 0.29) is 17.9 Å². The Bertz CT molecular complexity index is 1140. The Kier molecular flexibility index (Phi) is 4.19. The third kappa shape index (κ3) is 2.79. The van der Waals surface area contributed by atoms with Crippen molar-refractivity contribution in [3.8, 4) is 5.75 Å². The van der Waals surface area contributed by atoms with E-state index in [2.05, 4.69) is 0 Å². The Hall–Kier alpha value is -3.29. The van der Waals surface area contributed by atoms with Gasteiger partial charge in [-0.3, -0.25) is 18.7 Å². The minimum Gasteiger partial charge on any atom is -0.502 e. The summed E-state index contributed by atoms with van der Waals surface area (Å²) in [4.78, 5) is 35.6. The van der Waals surface area contributed by atoms with Crippen LogP contribution in [0.4, 0.5) is 0 Å². The maximum Gasteiger partial charge on any atom is 0.328 e. The van der Waals surface area contributed by atoms with Gasteiger partial charge in [-0.1, -0.05) is 6.07 Å². The minimum atomic E-state index is -0.750. The fourth-order valence-electron chi connectivity index (χ4n) is 3.17. The van der Waals surface area contributed by atoms with Gasteiger partial charge in [-0.15, -0.1) is 0 Å². The van der Waals surface area contributed by atoms with E-state index in [1.807, 2.05) is 0 Å². The molecular formula is C18H19N3O5.